The van der Waals surface area contributed by atoms with E-state index in [1.165, 1.54) is 0 Å². The number of benzene rings is 2. The molecular weight excluding hydrogens is 394 g/mol. The van der Waals surface area contributed by atoms with Crippen LogP contribution in [-0.4, -0.2) is 32.2 Å². The van der Waals surface area contributed by atoms with Crippen molar-refractivity contribution < 1.29 is 9.53 Å². The summed E-state index contributed by atoms with van der Waals surface area (Å²) in [7, 11) is 0. The Hall–Kier alpha value is -2.62. The second-order valence-corrected chi connectivity index (χ2v) is 6.74. The van der Waals surface area contributed by atoms with Gasteiger partial charge in [-0.25, -0.2) is 0 Å². The molecular formula is C20H18BrN3O2. The number of nitrogens with one attached hydrogen (secondary N) is 1. The van der Waals surface area contributed by atoms with Crippen LogP contribution in [0, 0.1) is 11.3 Å². The van der Waals surface area contributed by atoms with Crippen molar-refractivity contribution in [2.45, 2.75) is 0 Å². The van der Waals surface area contributed by atoms with Gasteiger partial charge in [0, 0.05) is 28.9 Å². The summed E-state index contributed by atoms with van der Waals surface area (Å²) in [6, 6.07) is 17.0. The molecule has 0 aromatic heterocycles. The minimum Gasteiger partial charge on any atom is -0.378 e. The standard InChI is InChI=1S/C20H18BrN3O2/c21-17-3-1-15(2-4-17)13-16(14-22)20(25)23-18-5-7-19(8-6-18)24-9-11-26-12-10-24/h1-8,13H,9-12H2,(H,23,25)/b16-13+. The average molecular weight is 412 g/mol. The quantitative estimate of drug-likeness (QED) is 0.613. The van der Waals surface area contributed by atoms with E-state index in [9.17, 15) is 10.1 Å². The summed E-state index contributed by atoms with van der Waals surface area (Å²) in [6.07, 6.45) is 1.57. The molecule has 1 heterocycles. The van der Waals surface area contributed by atoms with Crippen LogP contribution < -0.4 is 10.2 Å². The van der Waals surface area contributed by atoms with Crippen LogP contribution in [-0.2, 0) is 9.53 Å². The highest BCUT2D eigenvalue weighted by Gasteiger charge is 2.12. The predicted molar refractivity (Wildman–Crippen MR) is 106 cm³/mol. The Morgan fingerprint density at radius 2 is 1.77 bits per heavy atom. The number of hydrogen-bond donors (Lipinski definition) is 1. The van der Waals surface area contributed by atoms with Gasteiger partial charge in [-0.05, 0) is 48.0 Å². The zero-order valence-corrected chi connectivity index (χ0v) is 15.7. The first-order valence-electron chi connectivity index (χ1n) is 8.27. The molecule has 1 N–H and O–H groups in total. The van der Waals surface area contributed by atoms with Crippen molar-refractivity contribution in [3.8, 4) is 6.07 Å². The van der Waals surface area contributed by atoms with E-state index in [1.54, 1.807) is 6.08 Å². The molecule has 26 heavy (non-hydrogen) atoms. The van der Waals surface area contributed by atoms with E-state index in [4.69, 9.17) is 4.74 Å². The van der Waals surface area contributed by atoms with Gasteiger partial charge in [-0.1, -0.05) is 28.1 Å². The number of amides is 1. The van der Waals surface area contributed by atoms with Gasteiger partial charge < -0.3 is 15.0 Å². The summed E-state index contributed by atoms with van der Waals surface area (Å²) < 4.78 is 6.30. The molecule has 0 aliphatic carbocycles. The predicted octanol–water partition coefficient (Wildman–Crippen LogP) is 3.83. The number of ether oxygens (including phenoxy) is 1. The van der Waals surface area contributed by atoms with Gasteiger partial charge in [0.15, 0.2) is 0 Å². The third-order valence-corrected chi connectivity index (χ3v) is 4.58. The molecule has 1 amide bonds. The fourth-order valence-corrected chi connectivity index (χ4v) is 2.91. The average Bonchev–Trinajstić information content (AvgIpc) is 2.68. The monoisotopic (exact) mass is 411 g/mol. The number of anilines is 2. The summed E-state index contributed by atoms with van der Waals surface area (Å²) in [5.74, 6) is -0.422. The number of rotatable bonds is 4. The van der Waals surface area contributed by atoms with Gasteiger partial charge in [-0.3, -0.25) is 4.79 Å². The van der Waals surface area contributed by atoms with Crippen LogP contribution in [0.5, 0.6) is 0 Å². The Kier molecular flexibility index (Phi) is 6.05. The Bertz CT molecular complexity index is 833. The van der Waals surface area contributed by atoms with Gasteiger partial charge in [0.1, 0.15) is 11.6 Å². The first-order chi connectivity index (χ1) is 12.7. The number of nitriles is 1. The van der Waals surface area contributed by atoms with Gasteiger partial charge in [0.05, 0.1) is 13.2 Å². The molecule has 2 aromatic carbocycles. The minimum atomic E-state index is -0.422. The number of nitrogens with zero attached hydrogens (tertiary/aromatic N) is 2. The van der Waals surface area contributed by atoms with Crippen molar-refractivity contribution in [3.63, 3.8) is 0 Å². The van der Waals surface area contributed by atoms with E-state index in [0.717, 1.165) is 42.0 Å². The maximum Gasteiger partial charge on any atom is 0.266 e. The molecule has 3 rings (SSSR count). The molecule has 1 fully saturated rings. The number of hydrogen-bond acceptors (Lipinski definition) is 4. The molecule has 132 valence electrons. The molecule has 0 saturated carbocycles. The highest BCUT2D eigenvalue weighted by molar-refractivity contribution is 9.10. The molecule has 0 atom stereocenters. The topological polar surface area (TPSA) is 65.4 Å². The molecule has 1 saturated heterocycles. The zero-order chi connectivity index (χ0) is 18.4. The van der Waals surface area contributed by atoms with Crippen molar-refractivity contribution in [2.75, 3.05) is 36.5 Å². The van der Waals surface area contributed by atoms with Crippen molar-refractivity contribution in [1.82, 2.24) is 0 Å². The third kappa shape index (κ3) is 4.72. The lowest BCUT2D eigenvalue weighted by Crippen LogP contribution is -2.36. The Morgan fingerprint density at radius 3 is 2.38 bits per heavy atom. The summed E-state index contributed by atoms with van der Waals surface area (Å²) in [6.45, 7) is 3.18. The molecule has 0 unspecified atom stereocenters. The van der Waals surface area contributed by atoms with E-state index in [1.807, 2.05) is 54.6 Å². The summed E-state index contributed by atoms with van der Waals surface area (Å²) in [4.78, 5) is 14.6. The molecule has 6 heteroatoms. The first-order valence-corrected chi connectivity index (χ1v) is 9.06. The Balaban J connectivity index is 1.68. The van der Waals surface area contributed by atoms with Crippen LogP contribution in [0.1, 0.15) is 5.56 Å². The van der Waals surface area contributed by atoms with E-state index in [-0.39, 0.29) is 5.57 Å². The van der Waals surface area contributed by atoms with Gasteiger partial charge in [0.2, 0.25) is 0 Å². The maximum absolute atomic E-state index is 12.4. The van der Waals surface area contributed by atoms with E-state index in [2.05, 4.69) is 26.1 Å². The molecule has 0 spiro atoms. The van der Waals surface area contributed by atoms with Crippen molar-refractivity contribution in [3.05, 3.63) is 64.1 Å². The van der Waals surface area contributed by atoms with Crippen molar-refractivity contribution in [2.24, 2.45) is 0 Å². The van der Waals surface area contributed by atoms with Crippen LogP contribution in [0.3, 0.4) is 0 Å². The lowest BCUT2D eigenvalue weighted by Gasteiger charge is -2.28. The smallest absolute Gasteiger partial charge is 0.266 e. The third-order valence-electron chi connectivity index (χ3n) is 4.05. The molecule has 0 radical (unpaired) electrons. The minimum absolute atomic E-state index is 0.0598. The fraction of sp³-hybridized carbons (Fsp3) is 0.200. The Labute approximate surface area is 161 Å². The Morgan fingerprint density at radius 1 is 1.12 bits per heavy atom. The zero-order valence-electron chi connectivity index (χ0n) is 14.1. The van der Waals surface area contributed by atoms with Crippen LogP contribution in [0.25, 0.3) is 6.08 Å². The number of carbonyl (C=O) groups excluding carboxylic acids is 1. The largest absolute Gasteiger partial charge is 0.378 e. The van der Waals surface area contributed by atoms with Crippen molar-refractivity contribution >= 4 is 39.3 Å². The molecule has 1 aliphatic heterocycles. The van der Waals surface area contributed by atoms with Gasteiger partial charge >= 0.3 is 0 Å². The van der Waals surface area contributed by atoms with Gasteiger partial charge in [-0.15, -0.1) is 0 Å². The fourth-order valence-electron chi connectivity index (χ4n) is 2.65. The molecule has 2 aromatic rings. The highest BCUT2D eigenvalue weighted by atomic mass is 79.9. The summed E-state index contributed by atoms with van der Waals surface area (Å²) >= 11 is 3.36. The lowest BCUT2D eigenvalue weighted by atomic mass is 10.1. The van der Waals surface area contributed by atoms with E-state index < -0.39 is 5.91 Å². The van der Waals surface area contributed by atoms with Gasteiger partial charge in [0.25, 0.3) is 5.91 Å². The lowest BCUT2D eigenvalue weighted by molar-refractivity contribution is -0.112. The molecule has 5 nitrogen and oxygen atoms in total. The second kappa shape index (κ2) is 8.65. The first kappa shape index (κ1) is 18.2. The van der Waals surface area contributed by atoms with E-state index >= 15 is 0 Å². The number of halogens is 1. The van der Waals surface area contributed by atoms with Gasteiger partial charge in [-0.2, -0.15) is 5.26 Å². The SMILES string of the molecule is N#C/C(=C\c1ccc(Br)cc1)C(=O)Nc1ccc(N2CCOCC2)cc1. The van der Waals surface area contributed by atoms with Crippen LogP contribution in [0.15, 0.2) is 58.6 Å². The summed E-state index contributed by atoms with van der Waals surface area (Å²) in [5, 5.41) is 12.1. The van der Waals surface area contributed by atoms with Crippen molar-refractivity contribution in [1.29, 1.82) is 5.26 Å². The normalized spacial score (nSPS) is 14.6. The molecule has 0 bridgehead atoms. The number of morpholine rings is 1. The molecule has 1 aliphatic rings. The van der Waals surface area contributed by atoms with Crippen LogP contribution in [0.4, 0.5) is 11.4 Å². The van der Waals surface area contributed by atoms with Crippen LogP contribution >= 0.6 is 15.9 Å². The van der Waals surface area contributed by atoms with Crippen LogP contribution in [0.2, 0.25) is 0 Å². The second-order valence-electron chi connectivity index (χ2n) is 5.82. The van der Waals surface area contributed by atoms with E-state index in [0.29, 0.717) is 5.69 Å². The summed E-state index contributed by atoms with van der Waals surface area (Å²) in [5.41, 5.74) is 2.60. The highest BCUT2D eigenvalue weighted by Crippen LogP contribution is 2.20. The maximum atomic E-state index is 12.4. The number of carbonyl (C=O) groups is 1.